The molecule has 2 aromatic heterocycles. The van der Waals surface area contributed by atoms with Crippen LogP contribution in [0.4, 0.5) is 17.2 Å². The predicted octanol–water partition coefficient (Wildman–Crippen LogP) is 3.82. The molecule has 3 fully saturated rings. The van der Waals surface area contributed by atoms with Gasteiger partial charge in [0.15, 0.2) is 5.65 Å². The lowest BCUT2D eigenvalue weighted by molar-refractivity contribution is 0.0680. The van der Waals surface area contributed by atoms with Gasteiger partial charge in [-0.25, -0.2) is 9.97 Å². The summed E-state index contributed by atoms with van der Waals surface area (Å²) in [6.07, 6.45) is 6.63. The summed E-state index contributed by atoms with van der Waals surface area (Å²) in [5.41, 5.74) is 4.41. The Morgan fingerprint density at radius 3 is 2.68 bits per heavy atom. The van der Waals surface area contributed by atoms with Crippen molar-refractivity contribution in [1.29, 1.82) is 0 Å². The number of hydrogen-bond donors (Lipinski definition) is 2. The number of likely N-dealkylation sites (tertiary alicyclic amines) is 1. The first-order valence-corrected chi connectivity index (χ1v) is 14.6. The van der Waals surface area contributed by atoms with E-state index in [-0.39, 0.29) is 6.10 Å². The number of halogens is 1. The number of aromatic amines is 1. The van der Waals surface area contributed by atoms with Crippen molar-refractivity contribution < 1.29 is 9.47 Å². The molecule has 0 aliphatic carbocycles. The van der Waals surface area contributed by atoms with Crippen LogP contribution in [0.5, 0.6) is 5.75 Å². The zero-order valence-corrected chi connectivity index (χ0v) is 23.7. The van der Waals surface area contributed by atoms with Gasteiger partial charge in [0, 0.05) is 69.4 Å². The Labute approximate surface area is 232 Å². The molecule has 3 aromatic rings. The Kier molecular flexibility index (Phi) is 7.85. The molecule has 0 amide bonds. The van der Waals surface area contributed by atoms with Gasteiger partial charge in [-0.2, -0.15) is 5.10 Å². The molecule has 1 atom stereocenters. The van der Waals surface area contributed by atoms with Gasteiger partial charge in [0.2, 0.25) is 0 Å². The van der Waals surface area contributed by atoms with E-state index in [0.717, 1.165) is 91.6 Å². The lowest BCUT2D eigenvalue weighted by Crippen LogP contribution is -2.47. The van der Waals surface area contributed by atoms with Crippen LogP contribution >= 0.6 is 15.9 Å². The number of H-pyrrole nitrogens is 1. The highest BCUT2D eigenvalue weighted by Crippen LogP contribution is 2.35. The van der Waals surface area contributed by atoms with Crippen molar-refractivity contribution in [3.63, 3.8) is 0 Å². The van der Waals surface area contributed by atoms with Gasteiger partial charge in [-0.1, -0.05) is 0 Å². The van der Waals surface area contributed by atoms with Gasteiger partial charge >= 0.3 is 0 Å². The van der Waals surface area contributed by atoms with Crippen molar-refractivity contribution in [3.05, 3.63) is 28.6 Å². The average Bonchev–Trinajstić information content (AvgIpc) is 3.72. The zero-order valence-electron chi connectivity index (χ0n) is 22.1. The number of anilines is 3. The SMILES string of the molecule is Cc1c(NCCN2CCCC2)cc(OCC2CCCO2)cc1N1CCN(c2ncnc3[nH]nc(Br)c23)CC1. The Balaban J connectivity index is 1.18. The third kappa shape index (κ3) is 5.55. The zero-order chi connectivity index (χ0) is 25.9. The minimum absolute atomic E-state index is 0.196. The van der Waals surface area contributed by atoms with Crippen LogP contribution in [0, 0.1) is 6.92 Å². The number of rotatable bonds is 9. The van der Waals surface area contributed by atoms with Gasteiger partial charge in [-0.3, -0.25) is 5.10 Å². The van der Waals surface area contributed by atoms with E-state index in [4.69, 9.17) is 9.47 Å². The number of nitrogens with one attached hydrogen (secondary N) is 2. The first-order valence-electron chi connectivity index (χ1n) is 13.9. The maximum absolute atomic E-state index is 6.29. The summed E-state index contributed by atoms with van der Waals surface area (Å²) < 4.78 is 12.8. The molecule has 3 aliphatic heterocycles. The fraction of sp³-hybridized carbons (Fsp3) is 0.593. The molecule has 0 spiro atoms. The molecular formula is C27H37BrN8O2. The van der Waals surface area contributed by atoms with Crippen LogP contribution < -0.4 is 19.9 Å². The van der Waals surface area contributed by atoms with Crippen molar-refractivity contribution in [3.8, 4) is 5.75 Å². The summed E-state index contributed by atoms with van der Waals surface area (Å²) in [6, 6.07) is 4.38. The average molecular weight is 586 g/mol. The van der Waals surface area contributed by atoms with Crippen LogP contribution in [0.25, 0.3) is 11.0 Å². The van der Waals surface area contributed by atoms with Crippen molar-refractivity contribution >= 4 is 44.2 Å². The van der Waals surface area contributed by atoms with Gasteiger partial charge in [-0.05, 0) is 67.2 Å². The predicted molar refractivity (Wildman–Crippen MR) is 154 cm³/mol. The molecule has 0 radical (unpaired) electrons. The lowest BCUT2D eigenvalue weighted by Gasteiger charge is -2.38. The fourth-order valence-corrected chi connectivity index (χ4v) is 6.25. The number of ether oxygens (including phenoxy) is 2. The van der Waals surface area contributed by atoms with E-state index < -0.39 is 0 Å². The van der Waals surface area contributed by atoms with Crippen LogP contribution in [0.3, 0.4) is 0 Å². The molecule has 5 heterocycles. The summed E-state index contributed by atoms with van der Waals surface area (Å²) in [6.45, 7) is 11.6. The molecule has 10 nitrogen and oxygen atoms in total. The summed E-state index contributed by atoms with van der Waals surface area (Å²) >= 11 is 3.55. The second-order valence-electron chi connectivity index (χ2n) is 10.4. The van der Waals surface area contributed by atoms with E-state index in [0.29, 0.717) is 6.61 Å². The van der Waals surface area contributed by atoms with E-state index >= 15 is 0 Å². The van der Waals surface area contributed by atoms with E-state index in [9.17, 15) is 0 Å². The molecule has 0 bridgehead atoms. The van der Waals surface area contributed by atoms with Gasteiger partial charge in [0.1, 0.15) is 29.1 Å². The summed E-state index contributed by atoms with van der Waals surface area (Å²) in [5, 5.41) is 11.9. The van der Waals surface area contributed by atoms with Crippen molar-refractivity contribution in [2.75, 3.05) is 80.7 Å². The normalized spacial score (nSPS) is 20.5. The molecular weight excluding hydrogens is 548 g/mol. The second kappa shape index (κ2) is 11.6. The van der Waals surface area contributed by atoms with E-state index in [1.807, 2.05) is 0 Å². The number of benzene rings is 1. The standard InChI is InChI=1S/C27H37BrN8O2/c1-19-22(29-6-9-34-7-2-3-8-34)15-21(38-17-20-5-4-14-37-20)16-23(19)35-10-12-36(13-11-35)27-24-25(28)32-33-26(24)30-18-31-27/h15-16,18,20,29H,2-14,17H2,1H3,(H,30,31,32,33). The van der Waals surface area contributed by atoms with Crippen LogP contribution in [0.15, 0.2) is 23.1 Å². The Hall–Kier alpha value is -2.63. The minimum Gasteiger partial charge on any atom is -0.491 e. The molecule has 2 N–H and O–H groups in total. The van der Waals surface area contributed by atoms with E-state index in [1.165, 1.54) is 37.2 Å². The Morgan fingerprint density at radius 1 is 1.08 bits per heavy atom. The van der Waals surface area contributed by atoms with Gasteiger partial charge in [0.05, 0.1) is 11.5 Å². The highest BCUT2D eigenvalue weighted by atomic mass is 79.9. The Bertz CT molecular complexity index is 1230. The van der Waals surface area contributed by atoms with Crippen molar-refractivity contribution in [2.24, 2.45) is 0 Å². The molecule has 3 saturated heterocycles. The molecule has 3 aliphatic rings. The van der Waals surface area contributed by atoms with Gasteiger partial charge in [-0.15, -0.1) is 0 Å². The molecule has 11 heteroatoms. The van der Waals surface area contributed by atoms with Gasteiger partial charge in [0.25, 0.3) is 0 Å². The van der Waals surface area contributed by atoms with Crippen LogP contribution in [0.1, 0.15) is 31.2 Å². The fourth-order valence-electron chi connectivity index (χ4n) is 5.80. The highest BCUT2D eigenvalue weighted by Gasteiger charge is 2.25. The minimum atomic E-state index is 0.196. The third-order valence-electron chi connectivity index (χ3n) is 7.97. The number of nitrogens with zero attached hydrogens (tertiary/aromatic N) is 6. The van der Waals surface area contributed by atoms with Crippen LogP contribution in [0.2, 0.25) is 0 Å². The summed E-state index contributed by atoms with van der Waals surface area (Å²) in [7, 11) is 0. The maximum Gasteiger partial charge on any atom is 0.161 e. The molecule has 6 rings (SSSR count). The van der Waals surface area contributed by atoms with Crippen molar-refractivity contribution in [2.45, 2.75) is 38.7 Å². The molecule has 38 heavy (non-hydrogen) atoms. The highest BCUT2D eigenvalue weighted by molar-refractivity contribution is 9.10. The largest absolute Gasteiger partial charge is 0.491 e. The molecule has 204 valence electrons. The summed E-state index contributed by atoms with van der Waals surface area (Å²) in [5.74, 6) is 1.83. The molecule has 1 aromatic carbocycles. The maximum atomic E-state index is 6.29. The third-order valence-corrected chi connectivity index (χ3v) is 8.54. The second-order valence-corrected chi connectivity index (χ2v) is 11.2. The van der Waals surface area contributed by atoms with Crippen molar-refractivity contribution in [1.82, 2.24) is 25.1 Å². The van der Waals surface area contributed by atoms with Crippen LogP contribution in [-0.4, -0.2) is 96.7 Å². The monoisotopic (exact) mass is 584 g/mol. The number of piperazine rings is 1. The van der Waals surface area contributed by atoms with Crippen LogP contribution in [-0.2, 0) is 4.74 Å². The first-order chi connectivity index (χ1) is 18.7. The lowest BCUT2D eigenvalue weighted by atomic mass is 10.1. The number of fused-ring (bicyclic) bond motifs is 1. The Morgan fingerprint density at radius 2 is 1.89 bits per heavy atom. The topological polar surface area (TPSA) is 94.7 Å². The smallest absolute Gasteiger partial charge is 0.161 e. The first kappa shape index (κ1) is 25.6. The van der Waals surface area contributed by atoms with Gasteiger partial charge < -0.3 is 29.5 Å². The molecule has 0 saturated carbocycles. The number of hydrogen-bond acceptors (Lipinski definition) is 9. The molecule has 1 unspecified atom stereocenters. The van der Waals surface area contributed by atoms with E-state index in [2.05, 4.69) is 75.2 Å². The summed E-state index contributed by atoms with van der Waals surface area (Å²) in [4.78, 5) is 16.3. The number of aromatic nitrogens is 4. The van der Waals surface area contributed by atoms with E-state index in [1.54, 1.807) is 6.33 Å². The quantitative estimate of drug-likeness (QED) is 0.389.